The zero-order valence-corrected chi connectivity index (χ0v) is 19.4. The summed E-state index contributed by atoms with van der Waals surface area (Å²) in [6.45, 7) is 11.8. The number of anilines is 1. The van der Waals surface area contributed by atoms with Gasteiger partial charge in [-0.25, -0.2) is 9.78 Å². The molecular weight excluding hydrogens is 392 g/mol. The minimum Gasteiger partial charge on any atom is -0.444 e. The third-order valence-corrected chi connectivity index (χ3v) is 6.05. The smallest absolute Gasteiger partial charge is 0.413 e. The van der Waals surface area contributed by atoms with Gasteiger partial charge in [0.1, 0.15) is 11.4 Å². The molecule has 0 saturated heterocycles. The molecule has 0 spiro atoms. The number of pyridine rings is 1. The molecule has 1 aliphatic rings. The molecule has 1 aliphatic carbocycles. The molecule has 1 amide bonds. The molecule has 1 saturated carbocycles. The molecule has 164 valence electrons. The van der Waals surface area contributed by atoms with Gasteiger partial charge in [-0.05, 0) is 57.1 Å². The largest absolute Gasteiger partial charge is 0.444 e. The zero-order valence-electron chi connectivity index (χ0n) is 18.5. The second kappa shape index (κ2) is 8.22. The highest BCUT2D eigenvalue weighted by Crippen LogP contribution is 2.54. The Morgan fingerprint density at radius 2 is 1.90 bits per heavy atom. The van der Waals surface area contributed by atoms with E-state index < -0.39 is 21.8 Å². The van der Waals surface area contributed by atoms with Crippen LogP contribution in [-0.4, -0.2) is 37.5 Å². The van der Waals surface area contributed by atoms with Gasteiger partial charge >= 0.3 is 6.09 Å². The van der Waals surface area contributed by atoms with Crippen LogP contribution in [0, 0.1) is 10.8 Å². The van der Waals surface area contributed by atoms with Gasteiger partial charge in [0.05, 0.1) is 12.4 Å². The maximum absolute atomic E-state index is 11.9. The average molecular weight is 427 g/mol. The lowest BCUT2D eigenvalue weighted by Gasteiger charge is -2.46. The van der Waals surface area contributed by atoms with Crippen LogP contribution in [-0.2, 0) is 25.5 Å². The normalized spacial score (nSPS) is 23.1. The molecule has 1 aromatic rings. The second-order valence-corrected chi connectivity index (χ2v) is 11.5. The summed E-state index contributed by atoms with van der Waals surface area (Å²) in [7, 11) is -3.54. The summed E-state index contributed by atoms with van der Waals surface area (Å²) in [5.74, 6) is 0.406. The van der Waals surface area contributed by atoms with E-state index in [1.54, 1.807) is 33.0 Å². The topological polar surface area (TPSA) is 94.6 Å². The van der Waals surface area contributed by atoms with E-state index >= 15 is 0 Å². The standard InChI is InChI=1S/C21H34N2O5S/c1-19(2,3)21(12-8-9-16(21)28-29(7,25)26)13-15-10-11-17(22-14-15)23-18(24)27-20(4,5)6/h10-11,14,16H,8-9,12-13H2,1-7H3,(H,22,23,24). The Labute approximate surface area is 174 Å². The SMILES string of the molecule is CC(C)(C)OC(=O)Nc1ccc(CC2(C(C)(C)C)CCCC2OS(C)(=O)=O)cn1. The van der Waals surface area contributed by atoms with Crippen LogP contribution < -0.4 is 5.32 Å². The maximum Gasteiger partial charge on any atom is 0.413 e. The van der Waals surface area contributed by atoms with Gasteiger partial charge in [0, 0.05) is 11.6 Å². The van der Waals surface area contributed by atoms with E-state index in [0.717, 1.165) is 31.1 Å². The van der Waals surface area contributed by atoms with Crippen LogP contribution in [0.4, 0.5) is 10.6 Å². The summed E-state index contributed by atoms with van der Waals surface area (Å²) < 4.78 is 34.4. The van der Waals surface area contributed by atoms with Gasteiger partial charge in [0.2, 0.25) is 0 Å². The van der Waals surface area contributed by atoms with Gasteiger partial charge in [0.15, 0.2) is 0 Å². The Bertz CT molecular complexity index is 822. The third-order valence-electron chi connectivity index (χ3n) is 5.46. The van der Waals surface area contributed by atoms with Crippen molar-refractivity contribution in [3.63, 3.8) is 0 Å². The van der Waals surface area contributed by atoms with Crippen molar-refractivity contribution in [3.8, 4) is 0 Å². The highest BCUT2D eigenvalue weighted by Gasteiger charge is 2.52. The number of rotatable bonds is 5. The van der Waals surface area contributed by atoms with E-state index in [-0.39, 0.29) is 16.9 Å². The summed E-state index contributed by atoms with van der Waals surface area (Å²) >= 11 is 0. The average Bonchev–Trinajstić information content (AvgIpc) is 2.89. The van der Waals surface area contributed by atoms with Crippen LogP contribution in [0.3, 0.4) is 0 Å². The Morgan fingerprint density at radius 1 is 1.24 bits per heavy atom. The first kappa shape index (κ1) is 23.6. The molecule has 0 bridgehead atoms. The van der Waals surface area contributed by atoms with Crippen molar-refractivity contribution < 1.29 is 22.1 Å². The van der Waals surface area contributed by atoms with E-state index in [9.17, 15) is 13.2 Å². The van der Waals surface area contributed by atoms with Gasteiger partial charge in [0.25, 0.3) is 10.1 Å². The molecule has 2 atom stereocenters. The highest BCUT2D eigenvalue weighted by atomic mass is 32.2. The van der Waals surface area contributed by atoms with Crippen molar-refractivity contribution in [2.45, 2.75) is 78.9 Å². The predicted octanol–water partition coefficient (Wildman–Crippen LogP) is 4.53. The van der Waals surface area contributed by atoms with Crippen molar-refractivity contribution in [2.75, 3.05) is 11.6 Å². The number of nitrogens with zero attached hydrogens (tertiary/aromatic N) is 1. The number of carbonyl (C=O) groups excluding carboxylic acids is 1. The number of hydrogen-bond donors (Lipinski definition) is 1. The Hall–Kier alpha value is -1.67. The van der Waals surface area contributed by atoms with Crippen molar-refractivity contribution in [3.05, 3.63) is 23.9 Å². The summed E-state index contributed by atoms with van der Waals surface area (Å²) in [6.07, 6.45) is 5.08. The molecule has 8 heteroatoms. The van der Waals surface area contributed by atoms with E-state index in [4.69, 9.17) is 8.92 Å². The first-order valence-electron chi connectivity index (χ1n) is 9.95. The predicted molar refractivity (Wildman–Crippen MR) is 113 cm³/mol. The molecule has 0 aliphatic heterocycles. The fourth-order valence-corrected chi connectivity index (χ4v) is 4.79. The van der Waals surface area contributed by atoms with Crippen molar-refractivity contribution in [1.82, 2.24) is 4.98 Å². The number of carbonyl (C=O) groups is 1. The fraction of sp³-hybridized carbons (Fsp3) is 0.714. The Morgan fingerprint density at radius 3 is 2.38 bits per heavy atom. The van der Waals surface area contributed by atoms with Crippen molar-refractivity contribution >= 4 is 22.0 Å². The van der Waals surface area contributed by atoms with Gasteiger partial charge in [-0.1, -0.05) is 33.3 Å². The molecule has 0 aromatic carbocycles. The Balaban J connectivity index is 2.19. The number of nitrogens with one attached hydrogen (secondary N) is 1. The molecule has 2 rings (SSSR count). The number of ether oxygens (including phenoxy) is 1. The van der Waals surface area contributed by atoms with E-state index in [1.807, 2.05) is 6.07 Å². The molecule has 29 heavy (non-hydrogen) atoms. The molecule has 1 N–H and O–H groups in total. The monoisotopic (exact) mass is 426 g/mol. The van der Waals surface area contributed by atoms with Crippen LogP contribution in [0.15, 0.2) is 18.3 Å². The third kappa shape index (κ3) is 6.40. The zero-order chi connectivity index (χ0) is 22.1. The lowest BCUT2D eigenvalue weighted by Crippen LogP contribution is -2.45. The second-order valence-electron chi connectivity index (χ2n) is 9.94. The Kier molecular flexibility index (Phi) is 6.69. The summed E-state index contributed by atoms with van der Waals surface area (Å²) in [5.41, 5.74) is -0.0941. The number of aromatic nitrogens is 1. The first-order chi connectivity index (χ1) is 13.1. The van der Waals surface area contributed by atoms with Crippen LogP contribution in [0.1, 0.15) is 66.4 Å². The lowest BCUT2D eigenvalue weighted by molar-refractivity contribution is -0.0124. The maximum atomic E-state index is 11.9. The van der Waals surface area contributed by atoms with Crippen LogP contribution >= 0.6 is 0 Å². The molecule has 0 radical (unpaired) electrons. The molecule has 1 heterocycles. The molecular formula is C21H34N2O5S. The van der Waals surface area contributed by atoms with E-state index in [2.05, 4.69) is 31.1 Å². The van der Waals surface area contributed by atoms with Gasteiger partial charge < -0.3 is 4.74 Å². The van der Waals surface area contributed by atoms with Gasteiger partial charge in [-0.2, -0.15) is 8.42 Å². The van der Waals surface area contributed by atoms with Crippen LogP contribution in [0.25, 0.3) is 0 Å². The van der Waals surface area contributed by atoms with Crippen LogP contribution in [0.2, 0.25) is 0 Å². The van der Waals surface area contributed by atoms with Crippen molar-refractivity contribution in [2.24, 2.45) is 10.8 Å². The number of amides is 1. The van der Waals surface area contributed by atoms with Gasteiger partial charge in [-0.3, -0.25) is 9.50 Å². The van der Waals surface area contributed by atoms with Crippen molar-refractivity contribution in [1.29, 1.82) is 0 Å². The van der Waals surface area contributed by atoms with Crippen LogP contribution in [0.5, 0.6) is 0 Å². The molecule has 1 fully saturated rings. The molecule has 7 nitrogen and oxygen atoms in total. The molecule has 1 aromatic heterocycles. The minimum absolute atomic E-state index is 0.160. The summed E-state index contributed by atoms with van der Waals surface area (Å²) in [6, 6.07) is 3.64. The van der Waals surface area contributed by atoms with E-state index in [1.165, 1.54) is 0 Å². The molecule has 2 unspecified atom stereocenters. The fourth-order valence-electron chi connectivity index (χ4n) is 4.09. The van der Waals surface area contributed by atoms with E-state index in [0.29, 0.717) is 12.2 Å². The minimum atomic E-state index is -3.54. The summed E-state index contributed by atoms with van der Waals surface area (Å²) in [5, 5.41) is 2.62. The summed E-state index contributed by atoms with van der Waals surface area (Å²) in [4.78, 5) is 16.2. The van der Waals surface area contributed by atoms with Gasteiger partial charge in [-0.15, -0.1) is 0 Å². The number of hydrogen-bond acceptors (Lipinski definition) is 6. The quantitative estimate of drug-likeness (QED) is 0.695. The highest BCUT2D eigenvalue weighted by molar-refractivity contribution is 7.86. The first-order valence-corrected chi connectivity index (χ1v) is 11.8. The lowest BCUT2D eigenvalue weighted by atomic mass is 9.61.